The van der Waals surface area contributed by atoms with Crippen LogP contribution in [0.2, 0.25) is 0 Å². The van der Waals surface area contributed by atoms with E-state index < -0.39 is 0 Å². The summed E-state index contributed by atoms with van der Waals surface area (Å²) in [6.45, 7) is 2.64. The van der Waals surface area contributed by atoms with Crippen LogP contribution in [0.5, 0.6) is 5.88 Å². The molecule has 0 aliphatic heterocycles. The van der Waals surface area contributed by atoms with E-state index in [0.29, 0.717) is 12.4 Å². The molecule has 0 N–H and O–H groups in total. The fourth-order valence-corrected chi connectivity index (χ4v) is 2.11. The molecule has 0 aliphatic carbocycles. The molecule has 0 unspecified atom stereocenters. The van der Waals surface area contributed by atoms with Crippen LogP contribution in [0, 0.1) is 6.92 Å². The molecule has 0 aromatic carbocycles. The largest absolute Gasteiger partial charge is 0.481 e. The Bertz CT molecular complexity index is 740. The summed E-state index contributed by atoms with van der Waals surface area (Å²) in [7, 11) is 1.61. The van der Waals surface area contributed by atoms with E-state index in [2.05, 4.69) is 20.1 Å². The molecule has 3 aromatic rings. The Morgan fingerprint density at radius 2 is 2.14 bits per heavy atom. The minimum Gasteiger partial charge on any atom is -0.481 e. The first-order chi connectivity index (χ1) is 10.3. The second-order valence-electron chi connectivity index (χ2n) is 4.71. The summed E-state index contributed by atoms with van der Waals surface area (Å²) in [4.78, 5) is 12.7. The topological polar surface area (TPSA) is 65.7 Å². The van der Waals surface area contributed by atoms with Crippen LogP contribution in [0.3, 0.4) is 0 Å². The fourth-order valence-electron chi connectivity index (χ4n) is 2.11. The predicted octanol–water partition coefficient (Wildman–Crippen LogP) is 2.10. The van der Waals surface area contributed by atoms with E-state index in [1.165, 1.54) is 6.33 Å². The highest BCUT2D eigenvalue weighted by Gasteiger charge is 2.10. The quantitative estimate of drug-likeness (QED) is 0.732. The van der Waals surface area contributed by atoms with Crippen LogP contribution in [-0.2, 0) is 6.54 Å². The van der Waals surface area contributed by atoms with Crippen LogP contribution >= 0.6 is 0 Å². The number of ether oxygens (including phenoxy) is 1. The van der Waals surface area contributed by atoms with Crippen molar-refractivity contribution < 1.29 is 4.74 Å². The summed E-state index contributed by atoms with van der Waals surface area (Å²) in [5.41, 5.74) is 3.88. The van der Waals surface area contributed by atoms with Crippen LogP contribution in [0.15, 0.2) is 43.2 Å². The minimum atomic E-state index is 0.565. The Morgan fingerprint density at radius 1 is 1.24 bits per heavy atom. The molecule has 0 fully saturated rings. The summed E-state index contributed by atoms with van der Waals surface area (Å²) in [6.07, 6.45) is 6.75. The second kappa shape index (κ2) is 5.70. The van der Waals surface area contributed by atoms with Gasteiger partial charge in [-0.05, 0) is 36.2 Å². The molecular weight excluding hydrogens is 266 g/mol. The van der Waals surface area contributed by atoms with Gasteiger partial charge in [-0.25, -0.2) is 14.6 Å². The van der Waals surface area contributed by atoms with E-state index in [0.717, 1.165) is 22.4 Å². The average molecular weight is 281 g/mol. The van der Waals surface area contributed by atoms with Crippen LogP contribution in [0.25, 0.3) is 11.3 Å². The minimum absolute atomic E-state index is 0.565. The highest BCUT2D eigenvalue weighted by molar-refractivity contribution is 5.66. The zero-order valence-corrected chi connectivity index (χ0v) is 11.9. The van der Waals surface area contributed by atoms with Crippen molar-refractivity contribution in [3.8, 4) is 17.1 Å². The van der Waals surface area contributed by atoms with E-state index in [1.807, 2.05) is 25.1 Å². The molecule has 6 heteroatoms. The smallest absolute Gasteiger partial charge is 0.222 e. The molecule has 3 rings (SSSR count). The molecule has 0 bridgehead atoms. The standard InChI is InChI=1S/C15H15N5O/c1-11-3-4-17-14(5-11)13-6-12(7-18-15(13)21-2)8-20-10-16-9-19-20/h3-7,9-10H,8H2,1-2H3. The molecule has 6 nitrogen and oxygen atoms in total. The van der Waals surface area contributed by atoms with E-state index >= 15 is 0 Å². The number of rotatable bonds is 4. The predicted molar refractivity (Wildman–Crippen MR) is 77.9 cm³/mol. The molecule has 0 radical (unpaired) electrons. The maximum absolute atomic E-state index is 5.34. The number of methoxy groups -OCH3 is 1. The van der Waals surface area contributed by atoms with E-state index in [4.69, 9.17) is 4.74 Å². The summed E-state index contributed by atoms with van der Waals surface area (Å²) < 4.78 is 7.09. The molecule has 21 heavy (non-hydrogen) atoms. The van der Waals surface area contributed by atoms with Gasteiger partial charge in [0.25, 0.3) is 0 Å². The van der Waals surface area contributed by atoms with Gasteiger partial charge in [-0.1, -0.05) is 0 Å². The van der Waals surface area contributed by atoms with Crippen molar-refractivity contribution in [3.63, 3.8) is 0 Å². The molecule has 0 atom stereocenters. The molecule has 0 spiro atoms. The maximum Gasteiger partial charge on any atom is 0.222 e. The lowest BCUT2D eigenvalue weighted by Gasteiger charge is -2.10. The molecule has 3 aromatic heterocycles. The van der Waals surface area contributed by atoms with Crippen molar-refractivity contribution in [3.05, 3.63) is 54.4 Å². The number of nitrogens with zero attached hydrogens (tertiary/aromatic N) is 5. The van der Waals surface area contributed by atoms with Gasteiger partial charge >= 0.3 is 0 Å². The van der Waals surface area contributed by atoms with Gasteiger partial charge in [-0.15, -0.1) is 0 Å². The van der Waals surface area contributed by atoms with Gasteiger partial charge in [0, 0.05) is 12.4 Å². The number of hydrogen-bond acceptors (Lipinski definition) is 5. The van der Waals surface area contributed by atoms with Crippen LogP contribution in [0.4, 0.5) is 0 Å². The number of aromatic nitrogens is 5. The normalized spacial score (nSPS) is 10.6. The zero-order valence-electron chi connectivity index (χ0n) is 11.9. The Morgan fingerprint density at radius 3 is 2.86 bits per heavy atom. The van der Waals surface area contributed by atoms with Gasteiger partial charge in [0.1, 0.15) is 12.7 Å². The molecule has 0 saturated heterocycles. The lowest BCUT2D eigenvalue weighted by atomic mass is 10.1. The third-order valence-corrected chi connectivity index (χ3v) is 3.10. The van der Waals surface area contributed by atoms with E-state index in [-0.39, 0.29) is 0 Å². The lowest BCUT2D eigenvalue weighted by Crippen LogP contribution is -2.02. The van der Waals surface area contributed by atoms with E-state index in [9.17, 15) is 0 Å². The monoisotopic (exact) mass is 281 g/mol. The highest BCUT2D eigenvalue weighted by Crippen LogP contribution is 2.27. The van der Waals surface area contributed by atoms with Crippen molar-refractivity contribution in [2.75, 3.05) is 7.11 Å². The van der Waals surface area contributed by atoms with Crippen LogP contribution in [-0.4, -0.2) is 31.8 Å². The van der Waals surface area contributed by atoms with Gasteiger partial charge in [0.05, 0.1) is 24.9 Å². The number of hydrogen-bond donors (Lipinski definition) is 0. The molecule has 0 amide bonds. The summed E-state index contributed by atoms with van der Waals surface area (Å²) >= 11 is 0. The first kappa shape index (κ1) is 13.2. The van der Waals surface area contributed by atoms with Crippen molar-refractivity contribution in [1.82, 2.24) is 24.7 Å². The Hall–Kier alpha value is -2.76. The summed E-state index contributed by atoms with van der Waals surface area (Å²) in [6, 6.07) is 6.00. The summed E-state index contributed by atoms with van der Waals surface area (Å²) in [5.74, 6) is 0.565. The SMILES string of the molecule is COc1ncc(Cn2cncn2)cc1-c1cc(C)ccn1. The first-order valence-corrected chi connectivity index (χ1v) is 6.54. The Balaban J connectivity index is 2.01. The number of aryl methyl sites for hydroxylation is 1. The zero-order chi connectivity index (χ0) is 14.7. The number of pyridine rings is 2. The van der Waals surface area contributed by atoms with Crippen molar-refractivity contribution in [2.45, 2.75) is 13.5 Å². The maximum atomic E-state index is 5.34. The summed E-state index contributed by atoms with van der Waals surface area (Å²) in [5, 5.41) is 4.10. The average Bonchev–Trinajstić information content (AvgIpc) is 3.00. The molecule has 0 saturated carbocycles. The van der Waals surface area contributed by atoms with Crippen molar-refractivity contribution >= 4 is 0 Å². The first-order valence-electron chi connectivity index (χ1n) is 6.54. The van der Waals surface area contributed by atoms with Crippen LogP contribution in [0.1, 0.15) is 11.1 Å². The van der Waals surface area contributed by atoms with Gasteiger partial charge in [-0.2, -0.15) is 5.10 Å². The van der Waals surface area contributed by atoms with Gasteiger partial charge in [-0.3, -0.25) is 4.98 Å². The van der Waals surface area contributed by atoms with E-state index in [1.54, 1.807) is 30.5 Å². The molecular formula is C15H15N5O. The Kier molecular flexibility index (Phi) is 3.59. The van der Waals surface area contributed by atoms with Gasteiger partial charge in [0.2, 0.25) is 5.88 Å². The lowest BCUT2D eigenvalue weighted by molar-refractivity contribution is 0.399. The van der Waals surface area contributed by atoms with Crippen molar-refractivity contribution in [2.24, 2.45) is 0 Å². The van der Waals surface area contributed by atoms with Crippen LogP contribution < -0.4 is 4.74 Å². The Labute approximate surface area is 122 Å². The fraction of sp³-hybridized carbons (Fsp3) is 0.200. The third kappa shape index (κ3) is 2.89. The molecule has 3 heterocycles. The van der Waals surface area contributed by atoms with Crippen molar-refractivity contribution in [1.29, 1.82) is 0 Å². The van der Waals surface area contributed by atoms with Gasteiger partial charge < -0.3 is 4.74 Å². The molecule has 106 valence electrons. The highest BCUT2D eigenvalue weighted by atomic mass is 16.5. The molecule has 0 aliphatic rings. The van der Waals surface area contributed by atoms with Gasteiger partial charge in [0.15, 0.2) is 0 Å². The third-order valence-electron chi connectivity index (χ3n) is 3.10. The second-order valence-corrected chi connectivity index (χ2v) is 4.71.